The Hall–Kier alpha value is -2.62. The van der Waals surface area contributed by atoms with Gasteiger partial charge < -0.3 is 9.15 Å². The molecule has 0 spiro atoms. The number of carbonyl (C=O) groups is 1. The Bertz CT molecular complexity index is 731. The molecule has 19 heavy (non-hydrogen) atoms. The van der Waals surface area contributed by atoms with Crippen LogP contribution in [0.1, 0.15) is 16.2 Å². The van der Waals surface area contributed by atoms with E-state index in [1.165, 1.54) is 0 Å². The number of hydrogen-bond acceptors (Lipinski definition) is 4. The molecule has 0 saturated heterocycles. The topological polar surface area (TPSA) is 52.3 Å². The van der Waals surface area contributed by atoms with Crippen molar-refractivity contribution in [2.24, 2.45) is 0 Å². The van der Waals surface area contributed by atoms with Gasteiger partial charge in [0.25, 0.3) is 0 Å². The molecule has 0 unspecified atom stereocenters. The van der Waals surface area contributed by atoms with E-state index < -0.39 is 5.97 Å². The average Bonchev–Trinajstić information content (AvgIpc) is 2.78. The van der Waals surface area contributed by atoms with Gasteiger partial charge in [0.2, 0.25) is 0 Å². The van der Waals surface area contributed by atoms with E-state index >= 15 is 0 Å². The molecule has 0 aliphatic heterocycles. The van der Waals surface area contributed by atoms with Gasteiger partial charge in [-0.3, -0.25) is 0 Å². The van der Waals surface area contributed by atoms with Crippen LogP contribution in [0.25, 0.3) is 11.1 Å². The van der Waals surface area contributed by atoms with Crippen LogP contribution in [0, 0.1) is 6.92 Å². The van der Waals surface area contributed by atoms with Crippen LogP contribution >= 0.6 is 0 Å². The molecule has 0 bridgehead atoms. The fraction of sp³-hybridized carbons (Fsp3) is 0.0667. The number of carbonyl (C=O) groups excluding carboxylic acids is 1. The summed E-state index contributed by atoms with van der Waals surface area (Å²) in [5, 5.41) is 0. The number of aromatic nitrogens is 1. The molecule has 0 fully saturated rings. The zero-order chi connectivity index (χ0) is 13.2. The number of ether oxygens (including phenoxy) is 1. The molecule has 0 radical (unpaired) electrons. The van der Waals surface area contributed by atoms with Crippen molar-refractivity contribution < 1.29 is 13.9 Å². The Balaban J connectivity index is 1.89. The fourth-order valence-electron chi connectivity index (χ4n) is 1.82. The first-order valence-corrected chi connectivity index (χ1v) is 5.87. The Morgan fingerprint density at radius 2 is 1.95 bits per heavy atom. The van der Waals surface area contributed by atoms with Crippen LogP contribution in [0.4, 0.5) is 0 Å². The van der Waals surface area contributed by atoms with Gasteiger partial charge >= 0.3 is 5.97 Å². The van der Waals surface area contributed by atoms with E-state index in [0.29, 0.717) is 28.3 Å². The lowest BCUT2D eigenvalue weighted by Crippen LogP contribution is -2.08. The van der Waals surface area contributed by atoms with Crippen molar-refractivity contribution >= 4 is 17.1 Å². The lowest BCUT2D eigenvalue weighted by molar-refractivity contribution is 0.0735. The van der Waals surface area contributed by atoms with E-state index in [9.17, 15) is 4.79 Å². The molecule has 0 saturated carbocycles. The predicted octanol–water partition coefficient (Wildman–Crippen LogP) is 3.36. The second kappa shape index (κ2) is 4.57. The van der Waals surface area contributed by atoms with Gasteiger partial charge in [0.15, 0.2) is 11.5 Å². The van der Waals surface area contributed by atoms with Crippen molar-refractivity contribution in [3.8, 4) is 5.75 Å². The minimum atomic E-state index is -0.409. The first-order chi connectivity index (χ1) is 9.22. The molecule has 0 aliphatic rings. The molecule has 3 aromatic rings. The molecule has 3 rings (SSSR count). The summed E-state index contributed by atoms with van der Waals surface area (Å²) in [6.45, 7) is 1.77. The SMILES string of the molecule is Cc1nc2cc(C(=O)Oc3ccccc3)ccc2o1. The van der Waals surface area contributed by atoms with Crippen molar-refractivity contribution in [2.45, 2.75) is 6.92 Å². The van der Waals surface area contributed by atoms with E-state index in [-0.39, 0.29) is 0 Å². The summed E-state index contributed by atoms with van der Waals surface area (Å²) >= 11 is 0. The Kier molecular flexibility index (Phi) is 2.76. The van der Waals surface area contributed by atoms with E-state index in [4.69, 9.17) is 9.15 Å². The summed E-state index contributed by atoms with van der Waals surface area (Å²) in [6, 6.07) is 14.0. The van der Waals surface area contributed by atoms with Crippen molar-refractivity contribution in [3.05, 3.63) is 60.0 Å². The van der Waals surface area contributed by atoms with Gasteiger partial charge in [0.05, 0.1) is 5.56 Å². The van der Waals surface area contributed by atoms with Gasteiger partial charge in [-0.2, -0.15) is 0 Å². The molecule has 1 aromatic heterocycles. The zero-order valence-electron chi connectivity index (χ0n) is 10.3. The maximum atomic E-state index is 12.0. The summed E-state index contributed by atoms with van der Waals surface area (Å²) in [7, 11) is 0. The van der Waals surface area contributed by atoms with Gasteiger partial charge in [-0.05, 0) is 30.3 Å². The van der Waals surface area contributed by atoms with Crippen LogP contribution in [-0.2, 0) is 0 Å². The predicted molar refractivity (Wildman–Crippen MR) is 70.1 cm³/mol. The molecule has 2 aromatic carbocycles. The van der Waals surface area contributed by atoms with E-state index in [2.05, 4.69) is 4.98 Å². The van der Waals surface area contributed by atoms with E-state index in [1.807, 2.05) is 18.2 Å². The average molecular weight is 253 g/mol. The number of fused-ring (bicyclic) bond motifs is 1. The molecule has 94 valence electrons. The molecular weight excluding hydrogens is 242 g/mol. The molecular formula is C15H11NO3. The minimum absolute atomic E-state index is 0.409. The Morgan fingerprint density at radius 1 is 1.16 bits per heavy atom. The molecule has 0 atom stereocenters. The van der Waals surface area contributed by atoms with Gasteiger partial charge in [-0.25, -0.2) is 9.78 Å². The van der Waals surface area contributed by atoms with Crippen LogP contribution in [0.2, 0.25) is 0 Å². The highest BCUT2D eigenvalue weighted by Crippen LogP contribution is 2.18. The highest BCUT2D eigenvalue weighted by Gasteiger charge is 2.11. The lowest BCUT2D eigenvalue weighted by atomic mass is 10.2. The zero-order valence-corrected chi connectivity index (χ0v) is 10.3. The van der Waals surface area contributed by atoms with Crippen molar-refractivity contribution in [1.82, 2.24) is 4.98 Å². The molecule has 1 heterocycles. The van der Waals surface area contributed by atoms with E-state index in [1.54, 1.807) is 37.3 Å². The van der Waals surface area contributed by atoms with Crippen molar-refractivity contribution in [3.63, 3.8) is 0 Å². The summed E-state index contributed by atoms with van der Waals surface area (Å²) in [4.78, 5) is 16.2. The summed E-state index contributed by atoms with van der Waals surface area (Å²) in [5.41, 5.74) is 1.76. The number of aryl methyl sites for hydroxylation is 1. The van der Waals surface area contributed by atoms with Gasteiger partial charge in [0, 0.05) is 6.92 Å². The van der Waals surface area contributed by atoms with Gasteiger partial charge in [-0.15, -0.1) is 0 Å². The molecule has 4 nitrogen and oxygen atoms in total. The Labute approximate surface area is 109 Å². The third kappa shape index (κ3) is 2.33. The monoisotopic (exact) mass is 253 g/mol. The first kappa shape index (κ1) is 11.5. The number of nitrogens with zero attached hydrogens (tertiary/aromatic N) is 1. The normalized spacial score (nSPS) is 10.6. The number of hydrogen-bond donors (Lipinski definition) is 0. The molecule has 4 heteroatoms. The molecule has 0 amide bonds. The molecule has 0 N–H and O–H groups in total. The number of rotatable bonds is 2. The van der Waals surface area contributed by atoms with E-state index in [0.717, 1.165) is 0 Å². The first-order valence-electron chi connectivity index (χ1n) is 5.87. The third-order valence-electron chi connectivity index (χ3n) is 2.68. The van der Waals surface area contributed by atoms with Crippen LogP contribution in [0.3, 0.4) is 0 Å². The summed E-state index contributed by atoms with van der Waals surface area (Å²) in [5.74, 6) is 0.682. The number of esters is 1. The Morgan fingerprint density at radius 3 is 2.74 bits per heavy atom. The van der Waals surface area contributed by atoms with Crippen molar-refractivity contribution in [2.75, 3.05) is 0 Å². The third-order valence-corrected chi connectivity index (χ3v) is 2.68. The van der Waals surface area contributed by atoms with Crippen LogP contribution in [0.15, 0.2) is 52.9 Å². The number of oxazole rings is 1. The minimum Gasteiger partial charge on any atom is -0.441 e. The highest BCUT2D eigenvalue weighted by molar-refractivity contribution is 5.94. The summed E-state index contributed by atoms with van der Waals surface area (Å²) < 4.78 is 10.6. The molecule has 0 aliphatic carbocycles. The smallest absolute Gasteiger partial charge is 0.343 e. The lowest BCUT2D eigenvalue weighted by Gasteiger charge is -2.03. The summed E-state index contributed by atoms with van der Waals surface area (Å²) in [6.07, 6.45) is 0. The highest BCUT2D eigenvalue weighted by atomic mass is 16.5. The largest absolute Gasteiger partial charge is 0.441 e. The fourth-order valence-corrected chi connectivity index (χ4v) is 1.82. The number of benzene rings is 2. The second-order valence-corrected chi connectivity index (χ2v) is 4.12. The standard InChI is InChI=1S/C15H11NO3/c1-10-16-13-9-11(7-8-14(13)18-10)15(17)19-12-5-3-2-4-6-12/h2-9H,1H3. The number of para-hydroxylation sites is 1. The van der Waals surface area contributed by atoms with Crippen LogP contribution in [-0.4, -0.2) is 11.0 Å². The maximum absolute atomic E-state index is 12.0. The van der Waals surface area contributed by atoms with Gasteiger partial charge in [-0.1, -0.05) is 18.2 Å². The second-order valence-electron chi connectivity index (χ2n) is 4.12. The quantitative estimate of drug-likeness (QED) is 0.519. The maximum Gasteiger partial charge on any atom is 0.343 e. The van der Waals surface area contributed by atoms with Crippen molar-refractivity contribution in [1.29, 1.82) is 0 Å². The van der Waals surface area contributed by atoms with Crippen LogP contribution < -0.4 is 4.74 Å². The van der Waals surface area contributed by atoms with Crippen LogP contribution in [0.5, 0.6) is 5.75 Å². The van der Waals surface area contributed by atoms with Gasteiger partial charge in [0.1, 0.15) is 11.3 Å².